The molecule has 7 nitrogen and oxygen atoms in total. The van der Waals surface area contributed by atoms with E-state index in [1.807, 2.05) is 5.32 Å². The number of carbonyl (C=O) groups is 3. The molecule has 8 heteroatoms. The standard InChI is InChI=1S/C15H22N2O5Si/c1-23(2,3)10-9-22-13(20)15(12(18)19,17-14(16)21)11-7-5-4-6-8-11/h4-8H,9-10H2,1-3H3,(H,18,19)(H3,16,17,21). The summed E-state index contributed by atoms with van der Waals surface area (Å²) in [6.45, 7) is 6.40. The van der Waals surface area contributed by atoms with Gasteiger partial charge in [-0.2, -0.15) is 0 Å². The summed E-state index contributed by atoms with van der Waals surface area (Å²) in [5.41, 5.74) is 2.79. The number of rotatable bonds is 7. The molecule has 0 radical (unpaired) electrons. The van der Waals surface area contributed by atoms with Gasteiger partial charge in [0, 0.05) is 13.6 Å². The first-order valence-electron chi connectivity index (χ1n) is 7.13. The smallest absolute Gasteiger partial charge is 0.348 e. The molecule has 0 aliphatic rings. The van der Waals surface area contributed by atoms with Crippen molar-refractivity contribution in [3.8, 4) is 0 Å². The SMILES string of the molecule is C[Si](C)(C)CCOC(=O)C(NC(N)=O)(C(=O)O)c1ccccc1. The Morgan fingerprint density at radius 3 is 2.22 bits per heavy atom. The van der Waals surface area contributed by atoms with Gasteiger partial charge in [-0.3, -0.25) is 0 Å². The fraction of sp³-hybridized carbons (Fsp3) is 0.400. The zero-order valence-corrected chi connectivity index (χ0v) is 14.5. The minimum atomic E-state index is -2.35. The number of esters is 1. The largest absolute Gasteiger partial charge is 0.479 e. The zero-order chi connectivity index (χ0) is 17.7. The zero-order valence-electron chi connectivity index (χ0n) is 13.5. The van der Waals surface area contributed by atoms with E-state index in [-0.39, 0.29) is 12.2 Å². The highest BCUT2D eigenvalue weighted by Crippen LogP contribution is 2.24. The summed E-state index contributed by atoms with van der Waals surface area (Å²) >= 11 is 0. The summed E-state index contributed by atoms with van der Waals surface area (Å²) in [6.07, 6.45) is 0. The first-order chi connectivity index (χ1) is 10.6. The lowest BCUT2D eigenvalue weighted by atomic mass is 9.90. The number of aliphatic carboxylic acids is 1. The van der Waals surface area contributed by atoms with Crippen molar-refractivity contribution in [2.75, 3.05) is 6.61 Å². The van der Waals surface area contributed by atoms with Gasteiger partial charge in [0.05, 0.1) is 6.61 Å². The molecule has 1 atom stereocenters. The first kappa shape index (κ1) is 18.7. The summed E-state index contributed by atoms with van der Waals surface area (Å²) in [6, 6.07) is 7.18. The van der Waals surface area contributed by atoms with Gasteiger partial charge in [-0.15, -0.1) is 0 Å². The molecule has 0 heterocycles. The number of urea groups is 1. The number of nitrogens with two attached hydrogens (primary N) is 1. The van der Waals surface area contributed by atoms with Crippen molar-refractivity contribution in [3.63, 3.8) is 0 Å². The van der Waals surface area contributed by atoms with E-state index in [1.54, 1.807) is 18.2 Å². The fourth-order valence-electron chi connectivity index (χ4n) is 1.94. The van der Waals surface area contributed by atoms with Crippen LogP contribution in [-0.2, 0) is 19.9 Å². The number of primary amides is 1. The Balaban J connectivity index is 3.15. The molecule has 0 aliphatic heterocycles. The number of carboxylic acid groups (broad SMARTS) is 1. The van der Waals surface area contributed by atoms with Crippen LogP contribution in [0, 0.1) is 0 Å². The summed E-state index contributed by atoms with van der Waals surface area (Å²) in [7, 11) is -1.46. The van der Waals surface area contributed by atoms with E-state index < -0.39 is 31.6 Å². The summed E-state index contributed by atoms with van der Waals surface area (Å²) < 4.78 is 5.14. The number of nitrogens with one attached hydrogen (secondary N) is 1. The predicted octanol–water partition coefficient (Wildman–Crippen LogP) is 1.52. The molecule has 1 rings (SSSR count). The van der Waals surface area contributed by atoms with Crippen molar-refractivity contribution in [3.05, 3.63) is 35.9 Å². The molecule has 0 spiro atoms. The Hall–Kier alpha value is -2.35. The fourth-order valence-corrected chi connectivity index (χ4v) is 2.65. The highest BCUT2D eigenvalue weighted by molar-refractivity contribution is 6.76. The van der Waals surface area contributed by atoms with Gasteiger partial charge in [-0.05, 0) is 6.04 Å². The third-order valence-corrected chi connectivity index (χ3v) is 4.93. The molecular formula is C15H22N2O5Si. The van der Waals surface area contributed by atoms with E-state index in [4.69, 9.17) is 10.5 Å². The lowest BCUT2D eigenvalue weighted by Gasteiger charge is -2.28. The maximum absolute atomic E-state index is 12.5. The molecule has 0 aliphatic carbocycles. The van der Waals surface area contributed by atoms with Gasteiger partial charge in [0.2, 0.25) is 0 Å². The van der Waals surface area contributed by atoms with Crippen molar-refractivity contribution in [2.24, 2.45) is 5.73 Å². The Morgan fingerprint density at radius 2 is 1.78 bits per heavy atom. The van der Waals surface area contributed by atoms with Gasteiger partial charge < -0.3 is 20.9 Å². The van der Waals surface area contributed by atoms with Crippen LogP contribution in [0.25, 0.3) is 0 Å². The number of ether oxygens (including phenoxy) is 1. The van der Waals surface area contributed by atoms with Crippen LogP contribution in [0.2, 0.25) is 25.7 Å². The second-order valence-corrected chi connectivity index (χ2v) is 12.0. The van der Waals surface area contributed by atoms with E-state index in [0.29, 0.717) is 6.04 Å². The average molecular weight is 338 g/mol. The van der Waals surface area contributed by atoms with Crippen LogP contribution < -0.4 is 11.1 Å². The highest BCUT2D eigenvalue weighted by Gasteiger charge is 2.51. The Labute approximate surface area is 135 Å². The highest BCUT2D eigenvalue weighted by atomic mass is 28.3. The first-order valence-corrected chi connectivity index (χ1v) is 10.8. The van der Waals surface area contributed by atoms with Gasteiger partial charge in [0.25, 0.3) is 5.54 Å². The van der Waals surface area contributed by atoms with E-state index >= 15 is 0 Å². The Kier molecular flexibility index (Phi) is 5.91. The molecule has 0 fully saturated rings. The van der Waals surface area contributed by atoms with E-state index in [1.165, 1.54) is 12.1 Å². The van der Waals surface area contributed by atoms with Crippen molar-refractivity contribution in [1.29, 1.82) is 0 Å². The van der Waals surface area contributed by atoms with Crippen molar-refractivity contribution < 1.29 is 24.2 Å². The van der Waals surface area contributed by atoms with Crippen molar-refractivity contribution in [2.45, 2.75) is 31.2 Å². The van der Waals surface area contributed by atoms with Gasteiger partial charge in [-0.1, -0.05) is 50.0 Å². The van der Waals surface area contributed by atoms with E-state index in [0.717, 1.165) is 0 Å². The molecule has 1 aromatic carbocycles. The number of carboxylic acids is 1. The second kappa shape index (κ2) is 7.27. The number of benzene rings is 1. The van der Waals surface area contributed by atoms with E-state index in [2.05, 4.69) is 19.6 Å². The molecule has 1 unspecified atom stereocenters. The molecule has 23 heavy (non-hydrogen) atoms. The predicted molar refractivity (Wildman–Crippen MR) is 87.6 cm³/mol. The van der Waals surface area contributed by atoms with Crippen LogP contribution in [0.4, 0.5) is 4.79 Å². The number of hydrogen-bond acceptors (Lipinski definition) is 4. The molecule has 0 saturated carbocycles. The summed E-state index contributed by atoms with van der Waals surface area (Å²) in [5.74, 6) is -2.62. The van der Waals surface area contributed by atoms with Crippen LogP contribution in [0.1, 0.15) is 5.56 Å². The van der Waals surface area contributed by atoms with Gasteiger partial charge in [0.15, 0.2) is 0 Å². The number of amides is 2. The molecule has 2 amide bonds. The van der Waals surface area contributed by atoms with Gasteiger partial charge in [-0.25, -0.2) is 14.4 Å². The quantitative estimate of drug-likeness (QED) is 0.395. The number of carbonyl (C=O) groups excluding carboxylic acids is 2. The minimum Gasteiger partial charge on any atom is -0.479 e. The summed E-state index contributed by atoms with van der Waals surface area (Å²) in [4.78, 5) is 35.5. The molecule has 126 valence electrons. The Morgan fingerprint density at radius 1 is 1.22 bits per heavy atom. The number of hydrogen-bond donors (Lipinski definition) is 3. The Bertz CT molecular complexity index is 585. The van der Waals surface area contributed by atoms with Crippen LogP contribution >= 0.6 is 0 Å². The van der Waals surface area contributed by atoms with Crippen LogP contribution in [0.5, 0.6) is 0 Å². The second-order valence-electron chi connectivity index (χ2n) is 6.36. The third kappa shape index (κ3) is 4.81. The maximum atomic E-state index is 12.5. The summed E-state index contributed by atoms with van der Waals surface area (Å²) in [5, 5.41) is 11.6. The van der Waals surface area contributed by atoms with Crippen molar-refractivity contribution >= 4 is 26.0 Å². The van der Waals surface area contributed by atoms with Crippen LogP contribution in [-0.4, -0.2) is 37.8 Å². The monoisotopic (exact) mass is 338 g/mol. The maximum Gasteiger partial charge on any atom is 0.348 e. The third-order valence-electron chi connectivity index (χ3n) is 3.23. The lowest BCUT2D eigenvalue weighted by molar-refractivity contribution is -0.163. The molecule has 1 aromatic rings. The van der Waals surface area contributed by atoms with Gasteiger partial charge in [0.1, 0.15) is 0 Å². The molecule has 4 N–H and O–H groups in total. The normalized spacial score (nSPS) is 13.7. The minimum absolute atomic E-state index is 0.0734. The molecule has 0 aromatic heterocycles. The molecule has 0 bridgehead atoms. The van der Waals surface area contributed by atoms with Crippen LogP contribution in [0.3, 0.4) is 0 Å². The van der Waals surface area contributed by atoms with Crippen molar-refractivity contribution in [1.82, 2.24) is 5.32 Å². The molecular weight excluding hydrogens is 316 g/mol. The lowest BCUT2D eigenvalue weighted by Crippen LogP contribution is -2.59. The molecule has 0 saturated heterocycles. The van der Waals surface area contributed by atoms with E-state index in [9.17, 15) is 19.5 Å². The van der Waals surface area contributed by atoms with Crippen LogP contribution in [0.15, 0.2) is 30.3 Å². The topological polar surface area (TPSA) is 119 Å². The average Bonchev–Trinajstić information content (AvgIpc) is 2.43. The van der Waals surface area contributed by atoms with Gasteiger partial charge >= 0.3 is 18.0 Å².